The maximum atomic E-state index is 12.9. The van der Waals surface area contributed by atoms with Gasteiger partial charge in [-0.15, -0.1) is 0 Å². The summed E-state index contributed by atoms with van der Waals surface area (Å²) in [4.78, 5) is 40.8. The van der Waals surface area contributed by atoms with E-state index in [4.69, 9.17) is 0 Å². The normalized spacial score (nSPS) is 19.8. The van der Waals surface area contributed by atoms with E-state index < -0.39 is 22.4 Å². The number of hydrogen-bond acceptors (Lipinski definition) is 5. The highest BCUT2D eigenvalue weighted by Gasteiger charge is 2.49. The number of nitro benzene ring substituents is 1. The van der Waals surface area contributed by atoms with Crippen molar-refractivity contribution in [1.82, 2.24) is 15.2 Å². The number of nitro groups is 1. The number of pyridine rings is 1. The molecule has 0 saturated carbocycles. The summed E-state index contributed by atoms with van der Waals surface area (Å²) in [5, 5.41) is 13.8. The van der Waals surface area contributed by atoms with E-state index in [0.29, 0.717) is 16.7 Å². The van der Waals surface area contributed by atoms with E-state index in [0.717, 1.165) is 4.90 Å². The van der Waals surface area contributed by atoms with Crippen LogP contribution < -0.4 is 5.32 Å². The van der Waals surface area contributed by atoms with E-state index in [2.05, 4.69) is 10.3 Å². The minimum Gasteiger partial charge on any atom is -0.319 e. The van der Waals surface area contributed by atoms with Crippen molar-refractivity contribution in [3.63, 3.8) is 0 Å². The fourth-order valence-corrected chi connectivity index (χ4v) is 2.90. The summed E-state index contributed by atoms with van der Waals surface area (Å²) in [5.74, 6) is -0.420. The summed E-state index contributed by atoms with van der Waals surface area (Å²) in [5.41, 5.74) is 0.308. The molecule has 1 atom stereocenters. The summed E-state index contributed by atoms with van der Waals surface area (Å²) >= 11 is 0. The number of hydrogen-bond donors (Lipinski definition) is 1. The SMILES string of the molecule is Cc1c(CN2C(=O)NC(C)(c3cccnc3)C2=O)cccc1[N+](=O)[O-]. The third-order valence-electron chi connectivity index (χ3n) is 4.46. The van der Waals surface area contributed by atoms with E-state index in [1.807, 2.05) is 0 Å². The predicted molar refractivity (Wildman–Crippen MR) is 88.5 cm³/mol. The number of benzene rings is 1. The average Bonchev–Trinajstić information content (AvgIpc) is 2.81. The third-order valence-corrected chi connectivity index (χ3v) is 4.46. The molecule has 1 fully saturated rings. The van der Waals surface area contributed by atoms with Crippen LogP contribution in [0.4, 0.5) is 10.5 Å². The van der Waals surface area contributed by atoms with Crippen molar-refractivity contribution in [2.24, 2.45) is 0 Å². The van der Waals surface area contributed by atoms with Crippen LogP contribution in [0.25, 0.3) is 0 Å². The number of nitrogens with one attached hydrogen (secondary N) is 1. The molecule has 128 valence electrons. The molecule has 0 bridgehead atoms. The first-order valence-electron chi connectivity index (χ1n) is 7.62. The monoisotopic (exact) mass is 340 g/mol. The van der Waals surface area contributed by atoms with Crippen LogP contribution in [0.3, 0.4) is 0 Å². The summed E-state index contributed by atoms with van der Waals surface area (Å²) in [6.45, 7) is 3.19. The molecule has 8 heteroatoms. The Balaban J connectivity index is 1.93. The second-order valence-electron chi connectivity index (χ2n) is 6.01. The number of nitrogens with zero attached hydrogens (tertiary/aromatic N) is 3. The zero-order chi connectivity index (χ0) is 18.2. The minimum absolute atomic E-state index is 0.0337. The summed E-state index contributed by atoms with van der Waals surface area (Å²) in [6.07, 6.45) is 3.11. The van der Waals surface area contributed by atoms with Crippen molar-refractivity contribution in [3.05, 3.63) is 69.5 Å². The van der Waals surface area contributed by atoms with E-state index in [-0.39, 0.29) is 12.2 Å². The van der Waals surface area contributed by atoms with Crippen LogP contribution in [-0.2, 0) is 16.9 Å². The highest BCUT2D eigenvalue weighted by Crippen LogP contribution is 2.30. The largest absolute Gasteiger partial charge is 0.325 e. The fraction of sp³-hybridized carbons (Fsp3) is 0.235. The molecule has 2 heterocycles. The van der Waals surface area contributed by atoms with Crippen LogP contribution in [0, 0.1) is 17.0 Å². The van der Waals surface area contributed by atoms with Gasteiger partial charge in [0.1, 0.15) is 5.54 Å². The molecule has 1 aromatic carbocycles. The smallest absolute Gasteiger partial charge is 0.319 e. The van der Waals surface area contributed by atoms with Gasteiger partial charge >= 0.3 is 6.03 Å². The number of rotatable bonds is 4. The van der Waals surface area contributed by atoms with Crippen LogP contribution in [0.5, 0.6) is 0 Å². The van der Waals surface area contributed by atoms with Gasteiger partial charge < -0.3 is 5.32 Å². The first kappa shape index (κ1) is 16.6. The van der Waals surface area contributed by atoms with Crippen molar-refractivity contribution in [3.8, 4) is 0 Å². The number of aromatic nitrogens is 1. The highest BCUT2D eigenvalue weighted by molar-refractivity contribution is 6.07. The van der Waals surface area contributed by atoms with Crippen molar-refractivity contribution in [1.29, 1.82) is 0 Å². The molecular weight excluding hydrogens is 324 g/mol. The summed E-state index contributed by atoms with van der Waals surface area (Å²) in [6, 6.07) is 7.47. The molecule has 1 saturated heterocycles. The first-order valence-corrected chi connectivity index (χ1v) is 7.62. The number of amides is 3. The van der Waals surface area contributed by atoms with Gasteiger partial charge in [-0.25, -0.2) is 4.79 Å². The molecule has 1 aliphatic rings. The lowest BCUT2D eigenvalue weighted by Crippen LogP contribution is -2.40. The van der Waals surface area contributed by atoms with Gasteiger partial charge in [-0.05, 0) is 25.5 Å². The lowest BCUT2D eigenvalue weighted by atomic mass is 9.93. The molecule has 0 radical (unpaired) electrons. The molecule has 8 nitrogen and oxygen atoms in total. The van der Waals surface area contributed by atoms with Crippen molar-refractivity contribution < 1.29 is 14.5 Å². The maximum Gasteiger partial charge on any atom is 0.325 e. The Morgan fingerprint density at radius 1 is 1.28 bits per heavy atom. The predicted octanol–water partition coefficient (Wildman–Crippen LogP) is 2.27. The molecule has 3 amide bonds. The standard InChI is InChI=1S/C17H16N4O4/c1-11-12(5-3-7-14(11)21(24)25)10-20-15(22)17(2,19-16(20)23)13-6-4-8-18-9-13/h3-9H,10H2,1-2H3,(H,19,23). The van der Waals surface area contributed by atoms with Gasteiger partial charge in [0, 0.05) is 29.6 Å². The van der Waals surface area contributed by atoms with Gasteiger partial charge in [0.15, 0.2) is 0 Å². The zero-order valence-corrected chi connectivity index (χ0v) is 13.7. The number of carbonyl (C=O) groups is 2. The highest BCUT2D eigenvalue weighted by atomic mass is 16.6. The number of carbonyl (C=O) groups excluding carboxylic acids is 2. The minimum atomic E-state index is -1.21. The van der Waals surface area contributed by atoms with Gasteiger partial charge in [-0.2, -0.15) is 0 Å². The van der Waals surface area contributed by atoms with Gasteiger partial charge in [0.05, 0.1) is 11.5 Å². The lowest BCUT2D eigenvalue weighted by Gasteiger charge is -2.22. The molecule has 0 aliphatic carbocycles. The Morgan fingerprint density at radius 3 is 2.68 bits per heavy atom. The van der Waals surface area contributed by atoms with Crippen LogP contribution in [0.1, 0.15) is 23.6 Å². The third kappa shape index (κ3) is 2.71. The Bertz CT molecular complexity index is 868. The molecule has 1 aliphatic heterocycles. The molecule has 1 unspecified atom stereocenters. The molecule has 25 heavy (non-hydrogen) atoms. The second-order valence-corrected chi connectivity index (χ2v) is 6.01. The molecule has 0 spiro atoms. The van der Waals surface area contributed by atoms with Gasteiger partial charge in [-0.1, -0.05) is 18.2 Å². The maximum absolute atomic E-state index is 12.9. The van der Waals surface area contributed by atoms with Crippen molar-refractivity contribution in [2.45, 2.75) is 25.9 Å². The van der Waals surface area contributed by atoms with Crippen LogP contribution in [-0.4, -0.2) is 26.7 Å². The van der Waals surface area contributed by atoms with E-state index in [9.17, 15) is 19.7 Å². The molecule has 1 aromatic heterocycles. The molecular formula is C17H16N4O4. The second kappa shape index (κ2) is 5.97. The molecule has 1 N–H and O–H groups in total. The summed E-state index contributed by atoms with van der Waals surface area (Å²) < 4.78 is 0. The first-order chi connectivity index (χ1) is 11.8. The molecule has 2 aromatic rings. The summed E-state index contributed by atoms with van der Waals surface area (Å²) in [7, 11) is 0. The van der Waals surface area contributed by atoms with Crippen LogP contribution in [0.2, 0.25) is 0 Å². The Hall–Kier alpha value is -3.29. The van der Waals surface area contributed by atoms with E-state index in [1.165, 1.54) is 12.3 Å². The van der Waals surface area contributed by atoms with E-state index in [1.54, 1.807) is 44.3 Å². The van der Waals surface area contributed by atoms with Crippen LogP contribution in [0.15, 0.2) is 42.7 Å². The number of imide groups is 1. The Labute approximate surface area is 143 Å². The average molecular weight is 340 g/mol. The van der Waals surface area contributed by atoms with Gasteiger partial charge in [-0.3, -0.25) is 24.8 Å². The zero-order valence-electron chi connectivity index (χ0n) is 13.7. The van der Waals surface area contributed by atoms with Gasteiger partial charge in [0.2, 0.25) is 0 Å². The Kier molecular flexibility index (Phi) is 3.96. The molecule has 3 rings (SSSR count). The van der Waals surface area contributed by atoms with Crippen LogP contribution >= 0.6 is 0 Å². The van der Waals surface area contributed by atoms with Crippen molar-refractivity contribution >= 4 is 17.6 Å². The topological polar surface area (TPSA) is 105 Å². The number of urea groups is 1. The fourth-order valence-electron chi connectivity index (χ4n) is 2.90. The van der Waals surface area contributed by atoms with Crippen molar-refractivity contribution in [2.75, 3.05) is 0 Å². The quantitative estimate of drug-likeness (QED) is 0.522. The van der Waals surface area contributed by atoms with Gasteiger partial charge in [0.25, 0.3) is 11.6 Å². The van der Waals surface area contributed by atoms with E-state index >= 15 is 0 Å². The Morgan fingerprint density at radius 2 is 2.04 bits per heavy atom. The lowest BCUT2D eigenvalue weighted by molar-refractivity contribution is -0.385.